The van der Waals surface area contributed by atoms with Crippen LogP contribution >= 0.6 is 0 Å². The third-order valence-electron chi connectivity index (χ3n) is 3.03. The van der Waals surface area contributed by atoms with Gasteiger partial charge < -0.3 is 14.2 Å². The Kier molecular flexibility index (Phi) is 4.27. The second kappa shape index (κ2) is 5.94. The quantitative estimate of drug-likeness (QED) is 0.480. The minimum Gasteiger partial charge on any atom is -0.486 e. The standard InChI is InChI=1S/C15H18O5/c1-4-18-15(17)13(16)10-5-6-11-14(12(10)9(2)3)20-8-7-19-11/h5-6,9H,4,7-8H2,1-3H3. The minimum atomic E-state index is -0.842. The van der Waals surface area contributed by atoms with Crippen molar-refractivity contribution < 1.29 is 23.8 Å². The molecule has 0 aliphatic carbocycles. The molecule has 1 aliphatic rings. The van der Waals surface area contributed by atoms with E-state index < -0.39 is 11.8 Å². The van der Waals surface area contributed by atoms with Crippen molar-refractivity contribution in [3.63, 3.8) is 0 Å². The molecule has 0 fully saturated rings. The minimum absolute atomic E-state index is 0.0278. The Balaban J connectivity index is 2.48. The number of benzene rings is 1. The van der Waals surface area contributed by atoms with Crippen molar-refractivity contribution in [2.24, 2.45) is 0 Å². The molecular formula is C15H18O5. The number of hydrogen-bond acceptors (Lipinski definition) is 5. The molecule has 20 heavy (non-hydrogen) atoms. The number of esters is 1. The molecule has 5 heteroatoms. The fourth-order valence-corrected chi connectivity index (χ4v) is 2.22. The van der Waals surface area contributed by atoms with Crippen LogP contribution in [0.4, 0.5) is 0 Å². The van der Waals surface area contributed by atoms with Crippen molar-refractivity contribution >= 4 is 11.8 Å². The number of ether oxygens (including phenoxy) is 3. The Morgan fingerprint density at radius 3 is 2.60 bits per heavy atom. The maximum Gasteiger partial charge on any atom is 0.379 e. The highest BCUT2D eigenvalue weighted by Crippen LogP contribution is 2.40. The molecule has 2 rings (SSSR count). The Hall–Kier alpha value is -2.04. The van der Waals surface area contributed by atoms with Crippen molar-refractivity contribution in [2.45, 2.75) is 26.7 Å². The molecule has 0 bridgehead atoms. The van der Waals surface area contributed by atoms with E-state index in [4.69, 9.17) is 14.2 Å². The summed E-state index contributed by atoms with van der Waals surface area (Å²) in [5, 5.41) is 0. The second-order valence-electron chi connectivity index (χ2n) is 4.76. The van der Waals surface area contributed by atoms with E-state index in [-0.39, 0.29) is 12.5 Å². The summed E-state index contributed by atoms with van der Waals surface area (Å²) in [6.07, 6.45) is 0. The van der Waals surface area contributed by atoms with Gasteiger partial charge in [-0.05, 0) is 25.0 Å². The van der Waals surface area contributed by atoms with E-state index in [1.165, 1.54) is 0 Å². The zero-order chi connectivity index (χ0) is 14.7. The summed E-state index contributed by atoms with van der Waals surface area (Å²) >= 11 is 0. The van der Waals surface area contributed by atoms with Crippen molar-refractivity contribution in [2.75, 3.05) is 19.8 Å². The molecule has 1 aromatic rings. The molecule has 0 saturated carbocycles. The molecule has 108 valence electrons. The van der Waals surface area contributed by atoms with Gasteiger partial charge in [0.05, 0.1) is 6.61 Å². The van der Waals surface area contributed by atoms with Crippen LogP contribution in [0.5, 0.6) is 11.5 Å². The molecule has 1 aliphatic heterocycles. The van der Waals surface area contributed by atoms with Crippen LogP contribution in [0, 0.1) is 0 Å². The molecule has 0 saturated heterocycles. The number of hydrogen-bond donors (Lipinski definition) is 0. The summed E-state index contributed by atoms with van der Waals surface area (Å²) in [7, 11) is 0. The van der Waals surface area contributed by atoms with Gasteiger partial charge in [-0.25, -0.2) is 4.79 Å². The number of rotatable bonds is 4. The van der Waals surface area contributed by atoms with Crippen LogP contribution in [-0.4, -0.2) is 31.6 Å². The normalized spacial score (nSPS) is 13.2. The molecule has 0 aromatic heterocycles. The van der Waals surface area contributed by atoms with Gasteiger partial charge in [0.2, 0.25) is 0 Å². The summed E-state index contributed by atoms with van der Waals surface area (Å²) in [6, 6.07) is 3.26. The summed E-state index contributed by atoms with van der Waals surface area (Å²) in [6.45, 7) is 6.63. The van der Waals surface area contributed by atoms with Gasteiger partial charge in [0.15, 0.2) is 11.5 Å². The molecule has 0 radical (unpaired) electrons. The lowest BCUT2D eigenvalue weighted by Crippen LogP contribution is -2.22. The summed E-state index contributed by atoms with van der Waals surface area (Å²) in [4.78, 5) is 23.8. The maximum atomic E-state index is 12.2. The van der Waals surface area contributed by atoms with E-state index in [1.54, 1.807) is 19.1 Å². The predicted octanol–water partition coefficient (Wildman–Crippen LogP) is 2.33. The highest BCUT2D eigenvalue weighted by molar-refractivity contribution is 6.41. The van der Waals surface area contributed by atoms with E-state index >= 15 is 0 Å². The van der Waals surface area contributed by atoms with Crippen LogP contribution < -0.4 is 9.47 Å². The van der Waals surface area contributed by atoms with Crippen LogP contribution in [0.25, 0.3) is 0 Å². The first-order valence-electron chi connectivity index (χ1n) is 6.70. The Morgan fingerprint density at radius 1 is 1.25 bits per heavy atom. The predicted molar refractivity (Wildman–Crippen MR) is 72.5 cm³/mol. The first kappa shape index (κ1) is 14.4. The van der Waals surface area contributed by atoms with Gasteiger partial charge in [-0.1, -0.05) is 13.8 Å². The molecule has 1 heterocycles. The SMILES string of the molecule is CCOC(=O)C(=O)c1ccc2c(c1C(C)C)OCCO2. The number of fused-ring (bicyclic) bond motifs is 1. The number of carbonyl (C=O) groups is 2. The second-order valence-corrected chi connectivity index (χ2v) is 4.76. The molecule has 0 amide bonds. The Labute approximate surface area is 117 Å². The van der Waals surface area contributed by atoms with Crippen LogP contribution in [0.15, 0.2) is 12.1 Å². The third-order valence-corrected chi connectivity index (χ3v) is 3.03. The summed E-state index contributed by atoms with van der Waals surface area (Å²) in [5.74, 6) is -0.291. The zero-order valence-corrected chi connectivity index (χ0v) is 11.9. The average molecular weight is 278 g/mol. The first-order valence-corrected chi connectivity index (χ1v) is 6.70. The van der Waals surface area contributed by atoms with E-state index in [0.717, 1.165) is 0 Å². The van der Waals surface area contributed by atoms with Crippen LogP contribution in [0.1, 0.15) is 42.6 Å². The summed E-state index contributed by atoms with van der Waals surface area (Å²) < 4.78 is 15.9. The highest BCUT2D eigenvalue weighted by atomic mass is 16.6. The van der Waals surface area contributed by atoms with Gasteiger partial charge in [0.25, 0.3) is 5.78 Å². The Bertz CT molecular complexity index is 533. The number of Topliss-reactive ketones (excluding diaryl/α,β-unsaturated/α-hetero) is 1. The number of carbonyl (C=O) groups excluding carboxylic acids is 2. The van der Waals surface area contributed by atoms with Crippen LogP contribution in [0.2, 0.25) is 0 Å². The molecule has 5 nitrogen and oxygen atoms in total. The van der Waals surface area contributed by atoms with E-state index in [2.05, 4.69) is 0 Å². The van der Waals surface area contributed by atoms with Gasteiger partial charge in [-0.15, -0.1) is 0 Å². The third kappa shape index (κ3) is 2.61. The molecule has 0 unspecified atom stereocenters. The summed E-state index contributed by atoms with van der Waals surface area (Å²) in [5.41, 5.74) is 1.02. The molecule has 1 aromatic carbocycles. The van der Waals surface area contributed by atoms with Gasteiger partial charge in [0, 0.05) is 11.1 Å². The van der Waals surface area contributed by atoms with Crippen molar-refractivity contribution in [1.29, 1.82) is 0 Å². The van der Waals surface area contributed by atoms with Gasteiger partial charge in [-0.2, -0.15) is 0 Å². The van der Waals surface area contributed by atoms with Crippen molar-refractivity contribution in [3.05, 3.63) is 23.3 Å². The maximum absolute atomic E-state index is 12.2. The topological polar surface area (TPSA) is 61.8 Å². The number of ketones is 1. The zero-order valence-electron chi connectivity index (χ0n) is 11.9. The van der Waals surface area contributed by atoms with Crippen LogP contribution in [0.3, 0.4) is 0 Å². The highest BCUT2D eigenvalue weighted by Gasteiger charge is 2.28. The molecule has 0 N–H and O–H groups in total. The van der Waals surface area contributed by atoms with Crippen molar-refractivity contribution in [3.8, 4) is 11.5 Å². The first-order chi connectivity index (χ1) is 9.56. The van der Waals surface area contributed by atoms with E-state index in [9.17, 15) is 9.59 Å². The monoisotopic (exact) mass is 278 g/mol. The van der Waals surface area contributed by atoms with Gasteiger partial charge >= 0.3 is 5.97 Å². The fraction of sp³-hybridized carbons (Fsp3) is 0.467. The lowest BCUT2D eigenvalue weighted by molar-refractivity contribution is -0.137. The van der Waals surface area contributed by atoms with Crippen molar-refractivity contribution in [1.82, 2.24) is 0 Å². The lowest BCUT2D eigenvalue weighted by Gasteiger charge is -2.24. The lowest BCUT2D eigenvalue weighted by atomic mass is 9.93. The molecule has 0 atom stereocenters. The largest absolute Gasteiger partial charge is 0.486 e. The molecular weight excluding hydrogens is 260 g/mol. The fourth-order valence-electron chi connectivity index (χ4n) is 2.22. The van der Waals surface area contributed by atoms with Crippen LogP contribution in [-0.2, 0) is 9.53 Å². The Morgan fingerprint density at radius 2 is 1.95 bits per heavy atom. The molecule has 0 spiro atoms. The smallest absolute Gasteiger partial charge is 0.379 e. The average Bonchev–Trinajstić information content (AvgIpc) is 2.45. The van der Waals surface area contributed by atoms with Gasteiger partial charge in [-0.3, -0.25) is 4.79 Å². The van der Waals surface area contributed by atoms with E-state index in [0.29, 0.717) is 35.8 Å². The van der Waals surface area contributed by atoms with E-state index in [1.807, 2.05) is 13.8 Å². The van der Waals surface area contributed by atoms with Gasteiger partial charge in [0.1, 0.15) is 13.2 Å².